The van der Waals surface area contributed by atoms with Gasteiger partial charge in [-0.05, 0) is 42.5 Å². The molecule has 0 fully saturated rings. The van der Waals surface area contributed by atoms with Crippen molar-refractivity contribution in [1.29, 1.82) is 0 Å². The van der Waals surface area contributed by atoms with E-state index in [-0.39, 0.29) is 11.8 Å². The zero-order valence-corrected chi connectivity index (χ0v) is 16.3. The Balaban J connectivity index is 1.52. The summed E-state index contributed by atoms with van der Waals surface area (Å²) in [5.74, 6) is -0.275. The maximum absolute atomic E-state index is 12.1. The van der Waals surface area contributed by atoms with E-state index in [0.717, 1.165) is 11.3 Å². The molecule has 2 amide bonds. The molecule has 0 aliphatic heterocycles. The van der Waals surface area contributed by atoms with Crippen molar-refractivity contribution in [2.24, 2.45) is 0 Å². The second-order valence-corrected chi connectivity index (χ2v) is 7.75. The number of benzene rings is 1. The second kappa shape index (κ2) is 8.44. The number of rotatable bonds is 6. The van der Waals surface area contributed by atoms with E-state index in [1.807, 2.05) is 29.8 Å². The average Bonchev–Trinajstić information content (AvgIpc) is 3.29. The van der Waals surface area contributed by atoms with Crippen LogP contribution in [0.1, 0.15) is 27.3 Å². The Bertz CT molecular complexity index is 922. The molecule has 0 saturated carbocycles. The number of anilines is 2. The van der Waals surface area contributed by atoms with Crippen molar-refractivity contribution in [3.8, 4) is 0 Å². The van der Waals surface area contributed by atoms with Crippen LogP contribution in [-0.2, 0) is 11.2 Å². The molecule has 1 aromatic carbocycles. The molecule has 5 nitrogen and oxygen atoms in total. The zero-order chi connectivity index (χ0) is 18.5. The maximum atomic E-state index is 12.1. The molecular formula is C18H16ClN3O2S2. The van der Waals surface area contributed by atoms with Gasteiger partial charge in [-0.25, -0.2) is 4.98 Å². The molecule has 3 aromatic rings. The molecule has 26 heavy (non-hydrogen) atoms. The Labute approximate surface area is 164 Å². The average molecular weight is 406 g/mol. The normalized spacial score (nSPS) is 10.5. The highest BCUT2D eigenvalue weighted by Crippen LogP contribution is 2.23. The minimum Gasteiger partial charge on any atom is -0.326 e. The van der Waals surface area contributed by atoms with Crippen LogP contribution in [-0.4, -0.2) is 16.8 Å². The molecule has 2 heterocycles. The summed E-state index contributed by atoms with van der Waals surface area (Å²) < 4.78 is 0. The number of thiazole rings is 1. The van der Waals surface area contributed by atoms with Gasteiger partial charge in [-0.2, -0.15) is 0 Å². The highest BCUT2D eigenvalue weighted by molar-refractivity contribution is 7.14. The standard InChI is InChI=1S/C18H16ClN3O2S2/c1-11-13(19)4-2-5-14(11)21-16(23)8-7-12-10-26-18(20-12)22-17(24)15-6-3-9-25-15/h2-6,9-10H,7-8H2,1H3,(H,21,23)(H,20,22,24). The lowest BCUT2D eigenvalue weighted by Crippen LogP contribution is -2.13. The fourth-order valence-electron chi connectivity index (χ4n) is 2.24. The minimum atomic E-state index is -0.171. The van der Waals surface area contributed by atoms with Gasteiger partial charge in [0.2, 0.25) is 5.91 Å². The highest BCUT2D eigenvalue weighted by atomic mass is 35.5. The molecule has 0 bridgehead atoms. The van der Waals surface area contributed by atoms with Gasteiger partial charge in [0, 0.05) is 22.5 Å². The zero-order valence-electron chi connectivity index (χ0n) is 13.9. The van der Waals surface area contributed by atoms with Crippen LogP contribution in [0.25, 0.3) is 0 Å². The third-order valence-corrected chi connectivity index (χ3v) is 5.75. The summed E-state index contributed by atoms with van der Waals surface area (Å²) in [6.45, 7) is 1.86. The Morgan fingerprint density at radius 2 is 2.00 bits per heavy atom. The number of aryl methyl sites for hydroxylation is 1. The van der Waals surface area contributed by atoms with E-state index in [9.17, 15) is 9.59 Å². The van der Waals surface area contributed by atoms with Crippen molar-refractivity contribution in [3.05, 3.63) is 62.2 Å². The van der Waals surface area contributed by atoms with Gasteiger partial charge in [0.05, 0.1) is 10.6 Å². The summed E-state index contributed by atoms with van der Waals surface area (Å²) in [6, 6.07) is 8.99. The van der Waals surface area contributed by atoms with Gasteiger partial charge in [-0.1, -0.05) is 23.7 Å². The summed E-state index contributed by atoms with van der Waals surface area (Å²) in [6.07, 6.45) is 0.796. The van der Waals surface area contributed by atoms with Gasteiger partial charge in [-0.15, -0.1) is 22.7 Å². The van der Waals surface area contributed by atoms with Crippen molar-refractivity contribution in [1.82, 2.24) is 4.98 Å². The van der Waals surface area contributed by atoms with Crippen molar-refractivity contribution in [2.75, 3.05) is 10.6 Å². The Hall–Kier alpha value is -2.22. The van der Waals surface area contributed by atoms with Gasteiger partial charge in [-0.3, -0.25) is 14.9 Å². The smallest absolute Gasteiger partial charge is 0.267 e. The fraction of sp³-hybridized carbons (Fsp3) is 0.167. The van der Waals surface area contributed by atoms with Crippen LogP contribution in [0.15, 0.2) is 41.1 Å². The quantitative estimate of drug-likeness (QED) is 0.606. The molecule has 0 spiro atoms. The number of amides is 2. The van der Waals surface area contributed by atoms with Gasteiger partial charge in [0.1, 0.15) is 0 Å². The van der Waals surface area contributed by atoms with Gasteiger partial charge in [0.25, 0.3) is 5.91 Å². The first-order valence-corrected chi connectivity index (χ1v) is 10.0. The first kappa shape index (κ1) is 18.6. The minimum absolute atomic E-state index is 0.104. The Morgan fingerprint density at radius 3 is 2.77 bits per heavy atom. The van der Waals surface area contributed by atoms with E-state index in [2.05, 4.69) is 15.6 Å². The fourth-order valence-corrected chi connectivity index (χ4v) is 3.78. The number of hydrogen-bond donors (Lipinski definition) is 2. The summed E-state index contributed by atoms with van der Waals surface area (Å²) >= 11 is 8.78. The van der Waals surface area contributed by atoms with Crippen LogP contribution in [0.5, 0.6) is 0 Å². The van der Waals surface area contributed by atoms with Crippen LogP contribution in [0, 0.1) is 6.92 Å². The molecule has 2 N–H and O–H groups in total. The predicted molar refractivity (Wildman–Crippen MR) is 108 cm³/mol. The predicted octanol–water partition coefficient (Wildman–Crippen LogP) is 4.99. The molecule has 0 aliphatic carbocycles. The van der Waals surface area contributed by atoms with E-state index in [4.69, 9.17) is 11.6 Å². The number of nitrogens with one attached hydrogen (secondary N) is 2. The second-order valence-electron chi connectivity index (χ2n) is 5.54. The topological polar surface area (TPSA) is 71.1 Å². The third kappa shape index (κ3) is 4.69. The molecule has 0 unspecified atom stereocenters. The first-order valence-electron chi connectivity index (χ1n) is 7.87. The lowest BCUT2D eigenvalue weighted by molar-refractivity contribution is -0.116. The van der Waals surface area contributed by atoms with Crippen LogP contribution in [0.4, 0.5) is 10.8 Å². The molecule has 8 heteroatoms. The number of carbonyl (C=O) groups excluding carboxylic acids is 2. The van der Waals surface area contributed by atoms with Gasteiger partial charge >= 0.3 is 0 Å². The van der Waals surface area contributed by atoms with E-state index >= 15 is 0 Å². The van der Waals surface area contributed by atoms with Crippen molar-refractivity contribution in [3.63, 3.8) is 0 Å². The molecule has 3 rings (SSSR count). The summed E-state index contributed by atoms with van der Waals surface area (Å²) in [7, 11) is 0. The van der Waals surface area contributed by atoms with Gasteiger partial charge < -0.3 is 5.32 Å². The maximum Gasteiger partial charge on any atom is 0.267 e. The number of thiophene rings is 1. The number of nitrogens with zero attached hydrogens (tertiary/aromatic N) is 1. The van der Waals surface area contributed by atoms with Gasteiger partial charge in [0.15, 0.2) is 5.13 Å². The summed E-state index contributed by atoms with van der Waals surface area (Å²) in [5, 5.41) is 10.5. The Kier molecular flexibility index (Phi) is 6.03. The lowest BCUT2D eigenvalue weighted by atomic mass is 10.2. The van der Waals surface area contributed by atoms with Crippen LogP contribution in [0.3, 0.4) is 0 Å². The number of carbonyl (C=O) groups is 2. The number of halogens is 1. The van der Waals surface area contributed by atoms with E-state index < -0.39 is 0 Å². The highest BCUT2D eigenvalue weighted by Gasteiger charge is 2.11. The lowest BCUT2D eigenvalue weighted by Gasteiger charge is -2.09. The molecule has 0 aliphatic rings. The molecule has 134 valence electrons. The van der Waals surface area contributed by atoms with Crippen molar-refractivity contribution in [2.45, 2.75) is 19.8 Å². The van der Waals surface area contributed by atoms with Crippen LogP contribution >= 0.6 is 34.3 Å². The summed E-state index contributed by atoms with van der Waals surface area (Å²) in [5.41, 5.74) is 2.33. The third-order valence-electron chi connectivity index (χ3n) is 3.67. The number of aromatic nitrogens is 1. The number of hydrogen-bond acceptors (Lipinski definition) is 5. The van der Waals surface area contributed by atoms with Crippen molar-refractivity contribution >= 4 is 56.9 Å². The monoisotopic (exact) mass is 405 g/mol. The van der Waals surface area contributed by atoms with E-state index in [1.54, 1.807) is 18.2 Å². The molecule has 0 atom stereocenters. The first-order chi connectivity index (χ1) is 12.5. The van der Waals surface area contributed by atoms with E-state index in [1.165, 1.54) is 22.7 Å². The van der Waals surface area contributed by atoms with Crippen molar-refractivity contribution < 1.29 is 9.59 Å². The van der Waals surface area contributed by atoms with E-state index in [0.29, 0.717) is 33.6 Å². The largest absolute Gasteiger partial charge is 0.326 e. The van der Waals surface area contributed by atoms with Crippen LogP contribution in [0.2, 0.25) is 5.02 Å². The van der Waals surface area contributed by atoms with Crippen LogP contribution < -0.4 is 10.6 Å². The SMILES string of the molecule is Cc1c(Cl)cccc1NC(=O)CCc1csc(NC(=O)c2cccs2)n1. The Morgan fingerprint density at radius 1 is 1.15 bits per heavy atom. The molecule has 2 aromatic heterocycles. The summed E-state index contributed by atoms with van der Waals surface area (Å²) in [4.78, 5) is 29.1. The molecular weight excluding hydrogens is 390 g/mol. The molecule has 0 saturated heterocycles. The molecule has 0 radical (unpaired) electrons.